The number of rotatable bonds is 5. The standard InChI is InChI=1S/C17H24N4O4S/c1-19(2)26(24,25)21-11-9-20(10-12-21)17(23)14-5-7-15(8-6-14)18-16(22)13-3-4-13/h5-8,13H,3-4,9-12H2,1-2H3,(H,18,22). The van der Waals surface area contributed by atoms with Crippen LogP contribution < -0.4 is 5.32 Å². The number of carbonyl (C=O) groups excluding carboxylic acids is 2. The van der Waals surface area contributed by atoms with Gasteiger partial charge in [-0.2, -0.15) is 17.0 Å². The lowest BCUT2D eigenvalue weighted by Crippen LogP contribution is -2.53. The van der Waals surface area contributed by atoms with Crippen LogP contribution in [0.2, 0.25) is 0 Å². The molecule has 1 aromatic carbocycles. The number of hydrogen-bond acceptors (Lipinski definition) is 4. The fourth-order valence-electron chi connectivity index (χ4n) is 2.82. The molecule has 26 heavy (non-hydrogen) atoms. The molecule has 0 radical (unpaired) electrons. The van der Waals surface area contributed by atoms with Gasteiger partial charge >= 0.3 is 0 Å². The summed E-state index contributed by atoms with van der Waals surface area (Å²) in [6, 6.07) is 6.82. The molecule has 1 N–H and O–H groups in total. The Morgan fingerprint density at radius 2 is 1.62 bits per heavy atom. The van der Waals surface area contributed by atoms with Crippen molar-refractivity contribution in [3.8, 4) is 0 Å². The average Bonchev–Trinajstić information content (AvgIpc) is 3.47. The minimum absolute atomic E-state index is 0.0299. The van der Waals surface area contributed by atoms with Crippen LogP contribution >= 0.6 is 0 Å². The maximum Gasteiger partial charge on any atom is 0.281 e. The summed E-state index contributed by atoms with van der Waals surface area (Å²) in [5, 5.41) is 2.84. The smallest absolute Gasteiger partial charge is 0.281 e. The molecule has 3 rings (SSSR count). The van der Waals surface area contributed by atoms with Gasteiger partial charge in [-0.25, -0.2) is 0 Å². The molecule has 0 unspecified atom stereocenters. The zero-order valence-electron chi connectivity index (χ0n) is 15.0. The summed E-state index contributed by atoms with van der Waals surface area (Å²) in [6.45, 7) is 1.27. The first kappa shape index (κ1) is 18.8. The van der Waals surface area contributed by atoms with E-state index in [1.807, 2.05) is 0 Å². The molecule has 0 spiro atoms. The summed E-state index contributed by atoms with van der Waals surface area (Å²) in [4.78, 5) is 26.0. The van der Waals surface area contributed by atoms with Crippen LogP contribution in [0.1, 0.15) is 23.2 Å². The Morgan fingerprint density at radius 3 is 2.12 bits per heavy atom. The normalized spacial score (nSPS) is 18.8. The first-order valence-corrected chi connectivity index (χ1v) is 10.1. The highest BCUT2D eigenvalue weighted by atomic mass is 32.2. The number of amides is 2. The topological polar surface area (TPSA) is 90.0 Å². The van der Waals surface area contributed by atoms with Crippen LogP contribution in [0.15, 0.2) is 24.3 Å². The third kappa shape index (κ3) is 4.05. The van der Waals surface area contributed by atoms with Gasteiger partial charge in [0.15, 0.2) is 0 Å². The fraction of sp³-hybridized carbons (Fsp3) is 0.529. The number of piperazine rings is 1. The van der Waals surface area contributed by atoms with E-state index in [0.29, 0.717) is 24.3 Å². The molecule has 1 aliphatic carbocycles. The SMILES string of the molecule is CN(C)S(=O)(=O)N1CCN(C(=O)c2ccc(NC(=O)C3CC3)cc2)CC1. The molecule has 2 fully saturated rings. The Labute approximate surface area is 153 Å². The van der Waals surface area contributed by atoms with E-state index in [9.17, 15) is 18.0 Å². The van der Waals surface area contributed by atoms with Crippen molar-refractivity contribution in [2.24, 2.45) is 5.92 Å². The Hall–Kier alpha value is -1.97. The van der Waals surface area contributed by atoms with E-state index in [2.05, 4.69) is 5.32 Å². The molecule has 0 bridgehead atoms. The lowest BCUT2D eigenvalue weighted by atomic mass is 10.1. The molecule has 1 saturated heterocycles. The zero-order valence-corrected chi connectivity index (χ0v) is 15.8. The maximum atomic E-state index is 12.6. The molecule has 1 aromatic rings. The highest BCUT2D eigenvalue weighted by Crippen LogP contribution is 2.30. The molecule has 9 heteroatoms. The van der Waals surface area contributed by atoms with Gasteiger partial charge in [-0.3, -0.25) is 9.59 Å². The third-order valence-electron chi connectivity index (χ3n) is 4.66. The summed E-state index contributed by atoms with van der Waals surface area (Å²) in [6.07, 6.45) is 1.88. The molecule has 0 aromatic heterocycles. The number of nitrogens with one attached hydrogen (secondary N) is 1. The van der Waals surface area contributed by atoms with Crippen molar-refractivity contribution in [3.63, 3.8) is 0 Å². The number of benzene rings is 1. The minimum atomic E-state index is -3.44. The van der Waals surface area contributed by atoms with Gasteiger partial charge in [0.1, 0.15) is 0 Å². The molecular weight excluding hydrogens is 356 g/mol. The van der Waals surface area contributed by atoms with E-state index in [1.54, 1.807) is 29.2 Å². The van der Waals surface area contributed by atoms with Crippen molar-refractivity contribution < 1.29 is 18.0 Å². The van der Waals surface area contributed by atoms with Crippen LogP contribution in [0.5, 0.6) is 0 Å². The van der Waals surface area contributed by atoms with Gasteiger partial charge < -0.3 is 10.2 Å². The van der Waals surface area contributed by atoms with Gasteiger partial charge in [0.05, 0.1) is 0 Å². The lowest BCUT2D eigenvalue weighted by Gasteiger charge is -2.35. The first-order valence-electron chi connectivity index (χ1n) is 8.67. The summed E-state index contributed by atoms with van der Waals surface area (Å²) < 4.78 is 26.8. The van der Waals surface area contributed by atoms with Crippen LogP contribution in [-0.2, 0) is 15.0 Å². The van der Waals surface area contributed by atoms with Crippen LogP contribution in [0.3, 0.4) is 0 Å². The van der Waals surface area contributed by atoms with E-state index >= 15 is 0 Å². The number of nitrogens with zero attached hydrogens (tertiary/aromatic N) is 3. The van der Waals surface area contributed by atoms with Gasteiger partial charge in [0, 0.05) is 57.4 Å². The van der Waals surface area contributed by atoms with E-state index in [0.717, 1.165) is 12.8 Å². The van der Waals surface area contributed by atoms with Crippen LogP contribution in [0.25, 0.3) is 0 Å². The second-order valence-corrected chi connectivity index (χ2v) is 8.96. The Bertz CT molecular complexity index is 779. The van der Waals surface area contributed by atoms with Gasteiger partial charge in [-0.15, -0.1) is 0 Å². The minimum Gasteiger partial charge on any atom is -0.336 e. The Morgan fingerprint density at radius 1 is 1.04 bits per heavy atom. The highest BCUT2D eigenvalue weighted by Gasteiger charge is 2.31. The van der Waals surface area contributed by atoms with Crippen molar-refractivity contribution in [3.05, 3.63) is 29.8 Å². The van der Waals surface area contributed by atoms with E-state index in [4.69, 9.17) is 0 Å². The summed E-state index contributed by atoms with van der Waals surface area (Å²) >= 11 is 0. The van der Waals surface area contributed by atoms with Crippen LogP contribution in [-0.4, -0.2) is 74.0 Å². The molecule has 0 atom stereocenters. The first-order chi connectivity index (χ1) is 12.3. The van der Waals surface area contributed by atoms with Crippen molar-refractivity contribution in [1.82, 2.24) is 13.5 Å². The van der Waals surface area contributed by atoms with Crippen molar-refractivity contribution in [2.45, 2.75) is 12.8 Å². The molecule has 1 saturated carbocycles. The summed E-state index contributed by atoms with van der Waals surface area (Å²) in [7, 11) is -0.451. The van der Waals surface area contributed by atoms with E-state index in [1.165, 1.54) is 22.7 Å². The molecule has 2 aliphatic rings. The fourth-order valence-corrected chi connectivity index (χ4v) is 3.91. The number of carbonyl (C=O) groups is 2. The molecule has 2 amide bonds. The second kappa shape index (κ2) is 7.34. The predicted molar refractivity (Wildman–Crippen MR) is 97.9 cm³/mol. The largest absolute Gasteiger partial charge is 0.336 e. The van der Waals surface area contributed by atoms with Crippen molar-refractivity contribution in [1.29, 1.82) is 0 Å². The molecule has 1 heterocycles. The molecule has 1 aliphatic heterocycles. The van der Waals surface area contributed by atoms with E-state index < -0.39 is 10.2 Å². The van der Waals surface area contributed by atoms with Crippen LogP contribution in [0, 0.1) is 5.92 Å². The third-order valence-corrected chi connectivity index (χ3v) is 6.60. The maximum absolute atomic E-state index is 12.6. The summed E-state index contributed by atoms with van der Waals surface area (Å²) in [5.74, 6) is 0.0281. The Kier molecular flexibility index (Phi) is 5.31. The quantitative estimate of drug-likeness (QED) is 0.810. The van der Waals surface area contributed by atoms with Gasteiger partial charge in [-0.05, 0) is 37.1 Å². The van der Waals surface area contributed by atoms with Crippen molar-refractivity contribution in [2.75, 3.05) is 45.6 Å². The molecule has 142 valence electrons. The van der Waals surface area contributed by atoms with Crippen LogP contribution in [0.4, 0.5) is 5.69 Å². The monoisotopic (exact) mass is 380 g/mol. The summed E-state index contributed by atoms with van der Waals surface area (Å²) in [5.41, 5.74) is 1.21. The second-order valence-electron chi connectivity index (χ2n) is 6.82. The highest BCUT2D eigenvalue weighted by molar-refractivity contribution is 7.86. The average molecular weight is 380 g/mol. The Balaban J connectivity index is 1.57. The zero-order chi connectivity index (χ0) is 18.9. The van der Waals surface area contributed by atoms with Gasteiger partial charge in [0.25, 0.3) is 16.1 Å². The van der Waals surface area contributed by atoms with E-state index in [-0.39, 0.29) is 30.8 Å². The van der Waals surface area contributed by atoms with Gasteiger partial charge in [-0.1, -0.05) is 0 Å². The lowest BCUT2D eigenvalue weighted by molar-refractivity contribution is -0.117. The number of hydrogen-bond donors (Lipinski definition) is 1. The van der Waals surface area contributed by atoms with Crippen molar-refractivity contribution >= 4 is 27.7 Å². The number of anilines is 1. The van der Waals surface area contributed by atoms with Gasteiger partial charge in [0.2, 0.25) is 5.91 Å². The molecule has 8 nitrogen and oxygen atoms in total. The predicted octanol–water partition coefficient (Wildman–Crippen LogP) is 0.599. The molecular formula is C17H24N4O4S.